The smallest absolute Gasteiger partial charge is 0.128 e. The van der Waals surface area contributed by atoms with Crippen LogP contribution in [0.25, 0.3) is 0 Å². The second kappa shape index (κ2) is 5.15. The van der Waals surface area contributed by atoms with Gasteiger partial charge in [0.25, 0.3) is 0 Å². The first kappa shape index (κ1) is 13.5. The SMILES string of the molecule is CNC(C)CC(C)(C)c1ccc(Cl)cc1F. The van der Waals surface area contributed by atoms with Gasteiger partial charge in [0.05, 0.1) is 0 Å². The fourth-order valence-electron chi connectivity index (χ4n) is 2.02. The molecule has 0 radical (unpaired) electrons. The summed E-state index contributed by atoms with van der Waals surface area (Å²) in [7, 11) is 1.92. The molecule has 16 heavy (non-hydrogen) atoms. The van der Waals surface area contributed by atoms with Gasteiger partial charge in [-0.25, -0.2) is 4.39 Å². The van der Waals surface area contributed by atoms with Crippen LogP contribution in [0, 0.1) is 5.82 Å². The Labute approximate surface area is 102 Å². The molecular weight excluding hydrogens is 225 g/mol. The fraction of sp³-hybridized carbons (Fsp3) is 0.538. The van der Waals surface area contributed by atoms with E-state index in [0.29, 0.717) is 11.1 Å². The Kier molecular flexibility index (Phi) is 4.34. The summed E-state index contributed by atoms with van der Waals surface area (Å²) in [5.74, 6) is -0.221. The van der Waals surface area contributed by atoms with Gasteiger partial charge in [-0.2, -0.15) is 0 Å². The maximum Gasteiger partial charge on any atom is 0.128 e. The normalized spacial score (nSPS) is 13.9. The third kappa shape index (κ3) is 3.19. The maximum absolute atomic E-state index is 13.8. The Morgan fingerprint density at radius 3 is 2.56 bits per heavy atom. The molecule has 0 saturated carbocycles. The molecule has 0 fully saturated rings. The number of halogens is 2. The van der Waals surface area contributed by atoms with Gasteiger partial charge in [-0.15, -0.1) is 0 Å². The van der Waals surface area contributed by atoms with Crippen molar-refractivity contribution in [2.24, 2.45) is 0 Å². The van der Waals surface area contributed by atoms with Crippen LogP contribution in [0.5, 0.6) is 0 Å². The lowest BCUT2D eigenvalue weighted by atomic mass is 9.79. The molecule has 0 saturated heterocycles. The standard InChI is InChI=1S/C13H19ClFN/c1-9(16-4)8-13(2,3)11-6-5-10(14)7-12(11)15/h5-7,9,16H,8H2,1-4H3. The van der Waals surface area contributed by atoms with E-state index in [4.69, 9.17) is 11.6 Å². The predicted octanol–water partition coefficient (Wildman–Crippen LogP) is 3.75. The zero-order valence-corrected chi connectivity index (χ0v) is 11.0. The van der Waals surface area contributed by atoms with Crippen molar-refractivity contribution in [3.63, 3.8) is 0 Å². The van der Waals surface area contributed by atoms with Crippen LogP contribution < -0.4 is 5.32 Å². The minimum absolute atomic E-state index is 0.197. The van der Waals surface area contributed by atoms with Crippen LogP contribution in [-0.2, 0) is 5.41 Å². The number of rotatable bonds is 4. The highest BCUT2D eigenvalue weighted by Crippen LogP contribution is 2.31. The van der Waals surface area contributed by atoms with Gasteiger partial charge in [0.1, 0.15) is 5.82 Å². The molecule has 1 N–H and O–H groups in total. The maximum atomic E-state index is 13.8. The Balaban J connectivity index is 2.97. The Morgan fingerprint density at radius 2 is 2.06 bits per heavy atom. The van der Waals surface area contributed by atoms with Crippen LogP contribution in [0.3, 0.4) is 0 Å². The third-order valence-electron chi connectivity index (χ3n) is 2.97. The van der Waals surface area contributed by atoms with Crippen LogP contribution in [0.2, 0.25) is 5.02 Å². The Morgan fingerprint density at radius 1 is 1.44 bits per heavy atom. The molecule has 0 amide bonds. The third-order valence-corrected chi connectivity index (χ3v) is 3.20. The number of hydrogen-bond donors (Lipinski definition) is 1. The first-order valence-electron chi connectivity index (χ1n) is 5.49. The minimum atomic E-state index is -0.221. The van der Waals surface area contributed by atoms with Gasteiger partial charge >= 0.3 is 0 Å². The number of benzene rings is 1. The summed E-state index contributed by atoms with van der Waals surface area (Å²) in [5.41, 5.74) is 0.524. The van der Waals surface area contributed by atoms with Gasteiger partial charge in [-0.05, 0) is 43.5 Å². The van der Waals surface area contributed by atoms with E-state index < -0.39 is 0 Å². The molecule has 0 heterocycles. The summed E-state index contributed by atoms with van der Waals surface area (Å²) in [6.45, 7) is 6.19. The quantitative estimate of drug-likeness (QED) is 0.849. The second-order valence-corrected chi connectivity index (χ2v) is 5.34. The predicted molar refractivity (Wildman–Crippen MR) is 67.6 cm³/mol. The van der Waals surface area contributed by atoms with Crippen LogP contribution in [0.1, 0.15) is 32.8 Å². The summed E-state index contributed by atoms with van der Waals surface area (Å²) < 4.78 is 13.8. The molecule has 3 heteroatoms. The van der Waals surface area contributed by atoms with Gasteiger partial charge in [-0.1, -0.05) is 31.5 Å². The molecule has 1 nitrogen and oxygen atoms in total. The van der Waals surface area contributed by atoms with Crippen molar-refractivity contribution < 1.29 is 4.39 Å². The highest BCUT2D eigenvalue weighted by atomic mass is 35.5. The molecule has 1 aromatic carbocycles. The molecular formula is C13H19ClFN. The van der Waals surface area contributed by atoms with Crippen molar-refractivity contribution in [2.45, 2.75) is 38.6 Å². The Hall–Kier alpha value is -0.600. The summed E-state index contributed by atoms with van der Waals surface area (Å²) in [5, 5.41) is 3.62. The Bertz CT molecular complexity index is 363. The van der Waals surface area contributed by atoms with Crippen molar-refractivity contribution in [3.05, 3.63) is 34.6 Å². The van der Waals surface area contributed by atoms with Crippen molar-refractivity contribution in [2.75, 3.05) is 7.05 Å². The summed E-state index contributed by atoms with van der Waals surface area (Å²) >= 11 is 5.75. The first-order valence-corrected chi connectivity index (χ1v) is 5.87. The van der Waals surface area contributed by atoms with Crippen molar-refractivity contribution >= 4 is 11.6 Å². The van der Waals surface area contributed by atoms with Gasteiger partial charge in [-0.3, -0.25) is 0 Å². The average molecular weight is 244 g/mol. The van der Waals surface area contributed by atoms with E-state index in [1.807, 2.05) is 20.9 Å². The van der Waals surface area contributed by atoms with E-state index in [-0.39, 0.29) is 11.2 Å². The monoisotopic (exact) mass is 243 g/mol. The molecule has 1 rings (SSSR count). The van der Waals surface area contributed by atoms with Crippen LogP contribution in [0.4, 0.5) is 4.39 Å². The molecule has 0 aliphatic heterocycles. The molecule has 1 atom stereocenters. The van der Waals surface area contributed by atoms with E-state index in [1.54, 1.807) is 12.1 Å². The fourth-order valence-corrected chi connectivity index (χ4v) is 2.17. The lowest BCUT2D eigenvalue weighted by Gasteiger charge is -2.29. The van der Waals surface area contributed by atoms with Crippen LogP contribution >= 0.6 is 11.6 Å². The molecule has 0 spiro atoms. The van der Waals surface area contributed by atoms with Gasteiger partial charge in [0.15, 0.2) is 0 Å². The summed E-state index contributed by atoms with van der Waals surface area (Å²) in [6, 6.07) is 5.25. The van der Waals surface area contributed by atoms with E-state index >= 15 is 0 Å². The number of nitrogens with one attached hydrogen (secondary N) is 1. The molecule has 1 unspecified atom stereocenters. The number of hydrogen-bond acceptors (Lipinski definition) is 1. The highest BCUT2D eigenvalue weighted by Gasteiger charge is 2.25. The van der Waals surface area contributed by atoms with E-state index in [0.717, 1.165) is 12.0 Å². The molecule has 0 aromatic heterocycles. The van der Waals surface area contributed by atoms with Crippen molar-refractivity contribution in [3.8, 4) is 0 Å². The largest absolute Gasteiger partial charge is 0.317 e. The molecule has 0 aliphatic rings. The average Bonchev–Trinajstić information content (AvgIpc) is 2.16. The molecule has 1 aromatic rings. The van der Waals surface area contributed by atoms with E-state index in [1.165, 1.54) is 6.07 Å². The highest BCUT2D eigenvalue weighted by molar-refractivity contribution is 6.30. The van der Waals surface area contributed by atoms with E-state index in [9.17, 15) is 4.39 Å². The molecule has 0 bridgehead atoms. The first-order chi connectivity index (χ1) is 7.36. The van der Waals surface area contributed by atoms with Crippen molar-refractivity contribution in [1.82, 2.24) is 5.32 Å². The van der Waals surface area contributed by atoms with Crippen LogP contribution in [-0.4, -0.2) is 13.1 Å². The zero-order valence-electron chi connectivity index (χ0n) is 10.3. The minimum Gasteiger partial charge on any atom is -0.317 e. The van der Waals surface area contributed by atoms with Crippen molar-refractivity contribution in [1.29, 1.82) is 0 Å². The topological polar surface area (TPSA) is 12.0 Å². The van der Waals surface area contributed by atoms with Gasteiger partial charge in [0.2, 0.25) is 0 Å². The lowest BCUT2D eigenvalue weighted by Crippen LogP contribution is -2.31. The van der Waals surface area contributed by atoms with Crippen LogP contribution in [0.15, 0.2) is 18.2 Å². The van der Waals surface area contributed by atoms with Gasteiger partial charge < -0.3 is 5.32 Å². The zero-order chi connectivity index (χ0) is 12.3. The summed E-state index contributed by atoms with van der Waals surface area (Å²) in [4.78, 5) is 0. The van der Waals surface area contributed by atoms with Gasteiger partial charge in [0, 0.05) is 11.1 Å². The second-order valence-electron chi connectivity index (χ2n) is 4.90. The molecule has 90 valence electrons. The molecule has 0 aliphatic carbocycles. The summed E-state index contributed by atoms with van der Waals surface area (Å²) in [6.07, 6.45) is 0.877. The van der Waals surface area contributed by atoms with E-state index in [2.05, 4.69) is 12.2 Å². The lowest BCUT2D eigenvalue weighted by molar-refractivity contribution is 0.390.